The van der Waals surface area contributed by atoms with Crippen LogP contribution >= 0.6 is 0 Å². The van der Waals surface area contributed by atoms with Gasteiger partial charge in [-0.25, -0.2) is 15.0 Å². The van der Waals surface area contributed by atoms with Crippen LogP contribution in [-0.2, 0) is 0 Å². The molecule has 0 N–H and O–H groups in total. The molecule has 0 saturated heterocycles. The number of para-hydroxylation sites is 5. The zero-order chi connectivity index (χ0) is 45.9. The highest BCUT2D eigenvalue weighted by Crippen LogP contribution is 2.43. The minimum absolute atomic E-state index is 0.526. The third kappa shape index (κ3) is 5.85. The third-order valence-electron chi connectivity index (χ3n) is 13.9. The monoisotopic (exact) mass is 896 g/mol. The first kappa shape index (κ1) is 38.5. The fourth-order valence-corrected chi connectivity index (χ4v) is 10.6. The second-order valence-electron chi connectivity index (χ2n) is 17.9. The predicted octanol–water partition coefficient (Wildman–Crippen LogP) is 17.0. The maximum Gasteiger partial charge on any atom is 0.167 e. The molecule has 7 nitrogen and oxygen atoms in total. The van der Waals surface area contributed by atoms with E-state index in [2.05, 4.69) is 150 Å². The van der Waals surface area contributed by atoms with Gasteiger partial charge in [-0.2, -0.15) is 0 Å². The summed E-state index contributed by atoms with van der Waals surface area (Å²) in [6, 6.07) is 75.6. The molecule has 5 heterocycles. The molecule has 0 fully saturated rings. The number of hydrogen-bond donors (Lipinski definition) is 0. The van der Waals surface area contributed by atoms with Crippen molar-refractivity contribution in [2.75, 3.05) is 0 Å². The van der Waals surface area contributed by atoms with Crippen LogP contribution in [0.1, 0.15) is 0 Å². The summed E-state index contributed by atoms with van der Waals surface area (Å²) in [5, 5.41) is 8.53. The molecular formula is C63H36N4O3. The second-order valence-corrected chi connectivity index (χ2v) is 17.9. The topological polar surface area (TPSA) is 83.0 Å². The molecule has 0 amide bonds. The highest BCUT2D eigenvalue weighted by Gasteiger charge is 2.22. The average Bonchev–Trinajstić information content (AvgIpc) is 4.19. The molecule has 0 spiro atoms. The molecule has 0 radical (unpaired) electrons. The normalized spacial score (nSPS) is 12.0. The van der Waals surface area contributed by atoms with Crippen molar-refractivity contribution < 1.29 is 13.3 Å². The largest absolute Gasteiger partial charge is 0.456 e. The summed E-state index contributed by atoms with van der Waals surface area (Å²) in [6.07, 6.45) is 0. The summed E-state index contributed by atoms with van der Waals surface area (Å²) >= 11 is 0. The van der Waals surface area contributed by atoms with Crippen LogP contribution in [-0.4, -0.2) is 19.5 Å². The van der Waals surface area contributed by atoms with Gasteiger partial charge in [0.05, 0.1) is 16.6 Å². The Morgan fingerprint density at radius 1 is 0.286 bits per heavy atom. The Balaban J connectivity index is 0.842. The molecule has 10 aromatic carbocycles. The van der Waals surface area contributed by atoms with Crippen LogP contribution in [0.5, 0.6) is 0 Å². The van der Waals surface area contributed by atoms with Crippen molar-refractivity contribution in [2.24, 2.45) is 0 Å². The van der Waals surface area contributed by atoms with E-state index in [1.165, 1.54) is 16.3 Å². The Kier molecular flexibility index (Phi) is 8.23. The summed E-state index contributed by atoms with van der Waals surface area (Å²) < 4.78 is 22.4. The van der Waals surface area contributed by atoms with Gasteiger partial charge >= 0.3 is 0 Å². The second kappa shape index (κ2) is 15.0. The van der Waals surface area contributed by atoms with Crippen LogP contribution in [0.2, 0.25) is 0 Å². The highest BCUT2D eigenvalue weighted by atomic mass is 16.3. The van der Waals surface area contributed by atoms with Crippen LogP contribution in [0, 0.1) is 0 Å². The lowest BCUT2D eigenvalue weighted by Crippen LogP contribution is -2.00. The maximum atomic E-state index is 6.82. The molecule has 0 bridgehead atoms. The number of aromatic nitrogens is 4. The lowest BCUT2D eigenvalue weighted by atomic mass is 9.99. The number of nitrogens with zero attached hydrogens (tertiary/aromatic N) is 4. The van der Waals surface area contributed by atoms with Gasteiger partial charge in [-0.1, -0.05) is 152 Å². The van der Waals surface area contributed by atoms with Crippen LogP contribution in [0.25, 0.3) is 150 Å². The first-order chi connectivity index (χ1) is 34.7. The van der Waals surface area contributed by atoms with E-state index in [1.54, 1.807) is 0 Å². The maximum absolute atomic E-state index is 6.82. The molecule has 326 valence electrons. The summed E-state index contributed by atoms with van der Waals surface area (Å²) in [4.78, 5) is 15.4. The van der Waals surface area contributed by atoms with Crippen LogP contribution < -0.4 is 0 Å². The lowest BCUT2D eigenvalue weighted by molar-refractivity contribution is 0.668. The van der Waals surface area contributed by atoms with E-state index in [9.17, 15) is 0 Å². The van der Waals surface area contributed by atoms with Gasteiger partial charge in [0.15, 0.2) is 17.5 Å². The average molecular weight is 897 g/mol. The van der Waals surface area contributed by atoms with Gasteiger partial charge in [0.1, 0.15) is 33.5 Å². The van der Waals surface area contributed by atoms with E-state index in [0.29, 0.717) is 17.5 Å². The van der Waals surface area contributed by atoms with E-state index in [-0.39, 0.29) is 0 Å². The van der Waals surface area contributed by atoms with Crippen molar-refractivity contribution in [1.29, 1.82) is 0 Å². The van der Waals surface area contributed by atoms with Crippen molar-refractivity contribution in [3.05, 3.63) is 218 Å². The summed E-state index contributed by atoms with van der Waals surface area (Å²) in [5.74, 6) is 1.63. The van der Waals surface area contributed by atoms with Crippen molar-refractivity contribution in [2.45, 2.75) is 0 Å². The molecular weight excluding hydrogens is 861 g/mol. The molecule has 15 aromatic rings. The molecule has 0 atom stereocenters. The fraction of sp³-hybridized carbons (Fsp3) is 0. The Morgan fingerprint density at radius 2 is 0.814 bits per heavy atom. The van der Waals surface area contributed by atoms with Gasteiger partial charge in [0.2, 0.25) is 0 Å². The number of furan rings is 3. The van der Waals surface area contributed by atoms with E-state index in [4.69, 9.17) is 28.2 Å². The zero-order valence-corrected chi connectivity index (χ0v) is 37.3. The van der Waals surface area contributed by atoms with E-state index in [0.717, 1.165) is 116 Å². The van der Waals surface area contributed by atoms with E-state index >= 15 is 0 Å². The minimum Gasteiger partial charge on any atom is -0.456 e. The SMILES string of the molecule is c1ccc(-c2nc(-c3cccc4c3oc3ccccc34)nc(-c3cccc4oc5c(-c6ccc7c(c6)oc6cc(-c8ccc9c%10ccccc%10n(-c%10ccccc%10)c9c8)ccc67)cccc5c34)n2)cc1. The van der Waals surface area contributed by atoms with Crippen LogP contribution in [0.4, 0.5) is 0 Å². The Labute approximate surface area is 399 Å². The Hall–Kier alpha value is -9.59. The smallest absolute Gasteiger partial charge is 0.167 e. The Bertz CT molecular complexity index is 4600. The lowest BCUT2D eigenvalue weighted by Gasteiger charge is -2.09. The van der Waals surface area contributed by atoms with E-state index in [1.807, 2.05) is 72.8 Å². The third-order valence-corrected chi connectivity index (χ3v) is 13.9. The summed E-state index contributed by atoms with van der Waals surface area (Å²) in [5.41, 5.74) is 14.9. The van der Waals surface area contributed by atoms with Crippen LogP contribution in [0.15, 0.2) is 232 Å². The molecule has 70 heavy (non-hydrogen) atoms. The van der Waals surface area contributed by atoms with Gasteiger partial charge in [0.25, 0.3) is 0 Å². The predicted molar refractivity (Wildman–Crippen MR) is 283 cm³/mol. The van der Waals surface area contributed by atoms with Crippen molar-refractivity contribution in [3.63, 3.8) is 0 Å². The highest BCUT2D eigenvalue weighted by molar-refractivity contribution is 6.16. The zero-order valence-electron chi connectivity index (χ0n) is 37.3. The number of rotatable bonds is 6. The van der Waals surface area contributed by atoms with Crippen molar-refractivity contribution in [3.8, 4) is 62.1 Å². The van der Waals surface area contributed by atoms with Crippen LogP contribution in [0.3, 0.4) is 0 Å². The molecule has 7 heteroatoms. The Morgan fingerprint density at radius 3 is 1.64 bits per heavy atom. The minimum atomic E-state index is 0.526. The molecule has 0 aliphatic rings. The van der Waals surface area contributed by atoms with Gasteiger partial charge in [0, 0.05) is 65.5 Å². The standard InChI is InChI=1S/C63H36N4O3/c1-3-14-37(15-4-1)61-64-62(66-63(65-61)51-24-12-21-48-45-19-8-10-26-54(45)69-60(48)51)50-23-13-27-55-58(50)49-22-11-20-42(59(49)70-55)40-30-33-47-46-32-29-39(35-56(46)68-57(47)36-40)38-28-31-44-43-18-7-9-25-52(43)67(53(44)34-38)41-16-5-2-6-17-41/h1-36H. The number of hydrogen-bond acceptors (Lipinski definition) is 6. The fourth-order valence-electron chi connectivity index (χ4n) is 10.6. The number of benzene rings is 10. The first-order valence-corrected chi connectivity index (χ1v) is 23.4. The van der Waals surface area contributed by atoms with Gasteiger partial charge in [-0.05, 0) is 83.4 Å². The van der Waals surface area contributed by atoms with Gasteiger partial charge < -0.3 is 17.8 Å². The molecule has 5 aromatic heterocycles. The van der Waals surface area contributed by atoms with Crippen molar-refractivity contribution >= 4 is 87.6 Å². The van der Waals surface area contributed by atoms with Gasteiger partial charge in [-0.15, -0.1) is 0 Å². The molecule has 0 aliphatic carbocycles. The van der Waals surface area contributed by atoms with E-state index < -0.39 is 0 Å². The summed E-state index contributed by atoms with van der Waals surface area (Å²) in [7, 11) is 0. The number of fused-ring (bicyclic) bond motifs is 12. The molecule has 0 unspecified atom stereocenters. The van der Waals surface area contributed by atoms with Gasteiger partial charge in [-0.3, -0.25) is 0 Å². The van der Waals surface area contributed by atoms with Crippen molar-refractivity contribution in [1.82, 2.24) is 19.5 Å². The summed E-state index contributed by atoms with van der Waals surface area (Å²) in [6.45, 7) is 0. The first-order valence-electron chi connectivity index (χ1n) is 23.4. The molecule has 0 aliphatic heterocycles. The quantitative estimate of drug-likeness (QED) is 0.165. The molecule has 15 rings (SSSR count). The molecule has 0 saturated carbocycles.